The summed E-state index contributed by atoms with van der Waals surface area (Å²) in [5.41, 5.74) is 2.17. The third kappa shape index (κ3) is 3.70. The zero-order chi connectivity index (χ0) is 21.4. The summed E-state index contributed by atoms with van der Waals surface area (Å²) in [6.07, 6.45) is -1.62. The molecule has 1 amide bonds. The molecule has 3 aliphatic rings. The number of ether oxygens (including phenoxy) is 4. The number of rotatable bonds is 7. The van der Waals surface area contributed by atoms with Crippen molar-refractivity contribution in [2.45, 2.75) is 62.8 Å². The van der Waals surface area contributed by atoms with E-state index in [0.29, 0.717) is 19.6 Å². The van der Waals surface area contributed by atoms with Crippen LogP contribution in [0.25, 0.3) is 0 Å². The molecule has 1 aliphatic carbocycles. The molecule has 2 saturated heterocycles. The van der Waals surface area contributed by atoms with E-state index in [4.69, 9.17) is 18.9 Å². The minimum absolute atomic E-state index is 0.144. The second-order valence-electron chi connectivity index (χ2n) is 8.52. The van der Waals surface area contributed by atoms with Gasteiger partial charge in [0.1, 0.15) is 30.0 Å². The number of hydrogen-bond donors (Lipinski definition) is 1. The van der Waals surface area contributed by atoms with Crippen molar-refractivity contribution in [3.05, 3.63) is 83.9 Å². The standard InChI is InChI=1S/C25H27NO5/c1-16-13-25(26-17(2)27)22(28-14-18-9-5-3-6-10-18)21-20(16)30-24(31-21)23(25)29-15-19-11-7-4-8-12-19/h3-12,20-24H,1,13-15H2,2H3,(H,26,27)/t20-,21+,22+,23+,24+,25+/m0/s1. The lowest BCUT2D eigenvalue weighted by Gasteiger charge is -2.53. The Morgan fingerprint density at radius 2 is 1.58 bits per heavy atom. The van der Waals surface area contributed by atoms with E-state index >= 15 is 0 Å². The number of carbonyl (C=O) groups is 1. The van der Waals surface area contributed by atoms with Gasteiger partial charge in [-0.2, -0.15) is 0 Å². The average Bonchev–Trinajstić information content (AvgIpc) is 3.12. The van der Waals surface area contributed by atoms with E-state index in [1.165, 1.54) is 6.92 Å². The molecule has 6 heteroatoms. The van der Waals surface area contributed by atoms with E-state index in [9.17, 15) is 4.79 Å². The van der Waals surface area contributed by atoms with Gasteiger partial charge in [0.2, 0.25) is 5.91 Å². The van der Waals surface area contributed by atoms with Crippen LogP contribution in [0, 0.1) is 0 Å². The maximum atomic E-state index is 12.3. The van der Waals surface area contributed by atoms with Gasteiger partial charge in [0.25, 0.3) is 0 Å². The minimum Gasteiger partial charge on any atom is -0.368 e. The third-order valence-corrected chi connectivity index (χ3v) is 6.31. The molecule has 5 rings (SSSR count). The fourth-order valence-corrected chi connectivity index (χ4v) is 5.06. The van der Waals surface area contributed by atoms with E-state index < -0.39 is 24.0 Å². The Kier molecular flexibility index (Phi) is 5.40. The predicted molar refractivity (Wildman–Crippen MR) is 114 cm³/mol. The lowest BCUT2D eigenvalue weighted by molar-refractivity contribution is -0.252. The Morgan fingerprint density at radius 3 is 2.16 bits per heavy atom. The van der Waals surface area contributed by atoms with Crippen LogP contribution in [0.2, 0.25) is 0 Å². The van der Waals surface area contributed by atoms with Gasteiger partial charge in [0.15, 0.2) is 6.29 Å². The van der Waals surface area contributed by atoms with Crippen LogP contribution in [0.15, 0.2) is 72.8 Å². The molecule has 31 heavy (non-hydrogen) atoms. The number of amides is 1. The summed E-state index contributed by atoms with van der Waals surface area (Å²) in [4.78, 5) is 12.3. The summed E-state index contributed by atoms with van der Waals surface area (Å²) in [6, 6.07) is 19.9. The molecule has 3 fully saturated rings. The van der Waals surface area contributed by atoms with Crippen molar-refractivity contribution in [3.8, 4) is 0 Å². The minimum atomic E-state index is -0.812. The first-order chi connectivity index (χ1) is 15.1. The monoisotopic (exact) mass is 421 g/mol. The quantitative estimate of drug-likeness (QED) is 0.696. The van der Waals surface area contributed by atoms with Gasteiger partial charge >= 0.3 is 0 Å². The van der Waals surface area contributed by atoms with Gasteiger partial charge in [-0.15, -0.1) is 0 Å². The Hall–Kier alpha value is -2.51. The molecule has 0 radical (unpaired) electrons. The molecule has 6 atom stereocenters. The topological polar surface area (TPSA) is 66.0 Å². The first-order valence-corrected chi connectivity index (χ1v) is 10.7. The molecule has 1 N–H and O–H groups in total. The average molecular weight is 421 g/mol. The van der Waals surface area contributed by atoms with Crippen molar-refractivity contribution >= 4 is 5.91 Å². The largest absolute Gasteiger partial charge is 0.368 e. The summed E-state index contributed by atoms with van der Waals surface area (Å²) in [7, 11) is 0. The number of hydrogen-bond acceptors (Lipinski definition) is 5. The van der Waals surface area contributed by atoms with E-state index in [0.717, 1.165) is 16.7 Å². The zero-order valence-electron chi connectivity index (χ0n) is 17.5. The van der Waals surface area contributed by atoms with Gasteiger partial charge < -0.3 is 24.3 Å². The van der Waals surface area contributed by atoms with E-state index in [1.54, 1.807) is 0 Å². The second kappa shape index (κ2) is 8.20. The van der Waals surface area contributed by atoms with Crippen molar-refractivity contribution in [1.29, 1.82) is 0 Å². The molecule has 1 saturated carbocycles. The van der Waals surface area contributed by atoms with Crippen LogP contribution in [0.5, 0.6) is 0 Å². The molecule has 0 spiro atoms. The fraction of sp³-hybridized carbons (Fsp3) is 0.400. The van der Waals surface area contributed by atoms with Crippen molar-refractivity contribution < 1.29 is 23.7 Å². The van der Waals surface area contributed by atoms with Gasteiger partial charge in [-0.1, -0.05) is 67.2 Å². The normalized spacial score (nSPS) is 33.5. The predicted octanol–water partition coefficient (Wildman–Crippen LogP) is 3.12. The molecular weight excluding hydrogens is 394 g/mol. The first-order valence-electron chi connectivity index (χ1n) is 10.7. The van der Waals surface area contributed by atoms with Gasteiger partial charge in [-0.05, 0) is 23.1 Å². The molecule has 2 aliphatic heterocycles. The number of benzene rings is 2. The highest BCUT2D eigenvalue weighted by Crippen LogP contribution is 2.51. The highest BCUT2D eigenvalue weighted by molar-refractivity contribution is 5.74. The lowest BCUT2D eigenvalue weighted by atomic mass is 9.70. The van der Waals surface area contributed by atoms with Crippen molar-refractivity contribution in [3.63, 3.8) is 0 Å². The Balaban J connectivity index is 1.46. The molecule has 0 aromatic heterocycles. The third-order valence-electron chi connectivity index (χ3n) is 6.31. The molecular formula is C25H27NO5. The Labute approximate surface area is 182 Å². The summed E-state index contributed by atoms with van der Waals surface area (Å²) in [5.74, 6) is -0.144. The maximum absolute atomic E-state index is 12.3. The van der Waals surface area contributed by atoms with E-state index in [2.05, 4.69) is 11.9 Å². The van der Waals surface area contributed by atoms with E-state index in [-0.39, 0.29) is 18.1 Å². The highest BCUT2D eigenvalue weighted by atomic mass is 16.8. The molecule has 0 unspecified atom stereocenters. The van der Waals surface area contributed by atoms with E-state index in [1.807, 2.05) is 60.7 Å². The number of nitrogens with one attached hydrogen (secondary N) is 1. The highest BCUT2D eigenvalue weighted by Gasteiger charge is 2.68. The second-order valence-corrected chi connectivity index (χ2v) is 8.52. The summed E-state index contributed by atoms with van der Waals surface area (Å²) in [5, 5.41) is 3.18. The van der Waals surface area contributed by atoms with Crippen LogP contribution in [-0.4, -0.2) is 42.2 Å². The fourth-order valence-electron chi connectivity index (χ4n) is 5.06. The Bertz CT molecular complexity index is 901. The van der Waals surface area contributed by atoms with Crippen LogP contribution >= 0.6 is 0 Å². The molecule has 2 heterocycles. The van der Waals surface area contributed by atoms with Crippen LogP contribution in [0.1, 0.15) is 24.5 Å². The Morgan fingerprint density at radius 1 is 1.00 bits per heavy atom. The zero-order valence-corrected chi connectivity index (χ0v) is 17.5. The van der Waals surface area contributed by atoms with Crippen LogP contribution in [-0.2, 0) is 37.0 Å². The maximum Gasteiger partial charge on any atom is 0.217 e. The smallest absolute Gasteiger partial charge is 0.217 e. The molecule has 2 aromatic carbocycles. The summed E-state index contributed by atoms with van der Waals surface area (Å²) >= 11 is 0. The summed E-state index contributed by atoms with van der Waals surface area (Å²) in [6.45, 7) is 6.53. The van der Waals surface area contributed by atoms with Gasteiger partial charge in [0.05, 0.1) is 13.2 Å². The number of carbonyl (C=O) groups excluding carboxylic acids is 1. The van der Waals surface area contributed by atoms with Gasteiger partial charge in [0, 0.05) is 6.92 Å². The van der Waals surface area contributed by atoms with Crippen LogP contribution in [0.3, 0.4) is 0 Å². The van der Waals surface area contributed by atoms with Crippen molar-refractivity contribution in [2.24, 2.45) is 0 Å². The molecule has 2 aromatic rings. The van der Waals surface area contributed by atoms with Gasteiger partial charge in [-0.25, -0.2) is 0 Å². The van der Waals surface area contributed by atoms with Crippen LogP contribution < -0.4 is 5.32 Å². The lowest BCUT2D eigenvalue weighted by Crippen LogP contribution is -2.74. The van der Waals surface area contributed by atoms with Crippen molar-refractivity contribution in [2.75, 3.05) is 0 Å². The number of fused-ring (bicyclic) bond motifs is 2. The SMILES string of the molecule is C=C1C[C@]2(NC(C)=O)[C@H](OCc3ccccc3)[C@H]3O[C@@H]([C@H]2OCc2ccccc2)[C@H]1O3. The van der Waals surface area contributed by atoms with Crippen molar-refractivity contribution in [1.82, 2.24) is 5.32 Å². The van der Waals surface area contributed by atoms with Crippen LogP contribution in [0.4, 0.5) is 0 Å². The first kappa shape index (κ1) is 20.4. The molecule has 6 nitrogen and oxygen atoms in total. The summed E-state index contributed by atoms with van der Waals surface area (Å²) < 4.78 is 25.2. The molecule has 3 bridgehead atoms. The molecule has 162 valence electrons. The van der Waals surface area contributed by atoms with Gasteiger partial charge in [-0.3, -0.25) is 4.79 Å².